The zero-order valence-electron chi connectivity index (χ0n) is 16.7. The SMILES string of the molecule is CCN(CC)C(=O)C(C#N)=Cc1cc(OC(=O)OC2COC(=O)C2)c(O)c([N+](=O)[O-])c1. The average Bonchev–Trinajstić information content (AvgIpc) is 3.13. The Hall–Kier alpha value is -4.14. The number of nitro groups is 1. The Bertz CT molecular complexity index is 977. The number of aromatic hydroxyl groups is 1. The van der Waals surface area contributed by atoms with Crippen molar-refractivity contribution in [3.05, 3.63) is 33.4 Å². The summed E-state index contributed by atoms with van der Waals surface area (Å²) in [5.74, 6) is -2.73. The molecule has 0 aromatic heterocycles. The van der Waals surface area contributed by atoms with Crippen molar-refractivity contribution < 1.29 is 38.6 Å². The standard InChI is InChI=1S/C19H19N3O9/c1-3-21(4-2)18(25)12(9-20)5-11-6-14(22(27)28)17(24)15(7-11)31-19(26)30-13-8-16(23)29-10-13/h5-7,13,24H,3-4,8,10H2,1-2H3. The predicted molar refractivity (Wildman–Crippen MR) is 103 cm³/mol. The summed E-state index contributed by atoms with van der Waals surface area (Å²) >= 11 is 0. The number of ether oxygens (including phenoxy) is 3. The van der Waals surface area contributed by atoms with E-state index in [2.05, 4.69) is 4.74 Å². The normalized spacial score (nSPS) is 15.6. The van der Waals surface area contributed by atoms with Crippen LogP contribution in [0.3, 0.4) is 0 Å². The van der Waals surface area contributed by atoms with E-state index < -0.39 is 46.2 Å². The molecule has 0 aliphatic carbocycles. The summed E-state index contributed by atoms with van der Waals surface area (Å²) in [6.45, 7) is 3.97. The van der Waals surface area contributed by atoms with Crippen LogP contribution in [0, 0.1) is 21.4 Å². The van der Waals surface area contributed by atoms with Gasteiger partial charge in [-0.1, -0.05) is 0 Å². The summed E-state index contributed by atoms with van der Waals surface area (Å²) in [5, 5.41) is 30.7. The number of phenolic OH excluding ortho intramolecular Hbond substituents is 1. The summed E-state index contributed by atoms with van der Waals surface area (Å²) in [4.78, 5) is 47.2. The highest BCUT2D eigenvalue weighted by atomic mass is 16.7. The fraction of sp³-hybridized carbons (Fsp3) is 0.368. The van der Waals surface area contributed by atoms with E-state index in [0.29, 0.717) is 13.1 Å². The van der Waals surface area contributed by atoms with Gasteiger partial charge in [-0.15, -0.1) is 0 Å². The topological polar surface area (TPSA) is 169 Å². The maximum Gasteiger partial charge on any atom is 0.514 e. The number of cyclic esters (lactones) is 1. The number of nitriles is 1. The lowest BCUT2D eigenvalue weighted by atomic mass is 10.1. The number of phenols is 1. The van der Waals surface area contributed by atoms with Crippen LogP contribution in [0.2, 0.25) is 0 Å². The van der Waals surface area contributed by atoms with Crippen molar-refractivity contribution in [3.8, 4) is 17.6 Å². The van der Waals surface area contributed by atoms with E-state index in [1.54, 1.807) is 19.9 Å². The van der Waals surface area contributed by atoms with Crippen LogP contribution in [0.25, 0.3) is 6.08 Å². The number of likely N-dealkylation sites (N-methyl/N-ethyl adjacent to an activating group) is 1. The number of rotatable bonds is 7. The number of nitro benzene ring substituents is 1. The Morgan fingerprint density at radius 1 is 1.42 bits per heavy atom. The van der Waals surface area contributed by atoms with Gasteiger partial charge in [0.1, 0.15) is 24.4 Å². The molecule has 1 fully saturated rings. The summed E-state index contributed by atoms with van der Waals surface area (Å²) < 4.78 is 14.4. The van der Waals surface area contributed by atoms with Gasteiger partial charge >= 0.3 is 17.8 Å². The largest absolute Gasteiger partial charge is 0.514 e. The lowest BCUT2D eigenvalue weighted by Gasteiger charge is -2.17. The van der Waals surface area contributed by atoms with Crippen LogP contribution in [-0.4, -0.2) is 58.8 Å². The van der Waals surface area contributed by atoms with E-state index >= 15 is 0 Å². The predicted octanol–water partition coefficient (Wildman–Crippen LogP) is 1.91. The number of amides is 1. The Balaban J connectivity index is 2.36. The van der Waals surface area contributed by atoms with Crippen molar-refractivity contribution in [2.24, 2.45) is 0 Å². The second-order valence-corrected chi connectivity index (χ2v) is 6.27. The quantitative estimate of drug-likeness (QED) is 0.167. The first kappa shape index (κ1) is 23.1. The number of hydrogen-bond acceptors (Lipinski definition) is 10. The van der Waals surface area contributed by atoms with E-state index in [4.69, 9.17) is 9.47 Å². The van der Waals surface area contributed by atoms with Crippen LogP contribution >= 0.6 is 0 Å². The van der Waals surface area contributed by atoms with E-state index in [0.717, 1.165) is 18.2 Å². The molecule has 1 N–H and O–H groups in total. The molecule has 0 saturated carbocycles. The Kier molecular flexibility index (Phi) is 7.51. The van der Waals surface area contributed by atoms with E-state index in [-0.39, 0.29) is 24.2 Å². The maximum absolute atomic E-state index is 12.4. The van der Waals surface area contributed by atoms with E-state index in [1.165, 1.54) is 4.90 Å². The summed E-state index contributed by atoms with van der Waals surface area (Å²) in [5.41, 5.74) is -1.16. The minimum absolute atomic E-state index is 0.0382. The molecule has 1 aliphatic rings. The molecule has 1 heterocycles. The molecular weight excluding hydrogens is 414 g/mol. The minimum Gasteiger partial charge on any atom is -0.499 e. The average molecular weight is 433 g/mol. The molecule has 1 aromatic rings. The fourth-order valence-electron chi connectivity index (χ4n) is 2.72. The van der Waals surface area contributed by atoms with Gasteiger partial charge in [0.2, 0.25) is 5.75 Å². The minimum atomic E-state index is -1.33. The molecule has 31 heavy (non-hydrogen) atoms. The molecular formula is C19H19N3O9. The Labute approximate surface area is 176 Å². The number of hydrogen-bond donors (Lipinski definition) is 1. The second kappa shape index (κ2) is 10.1. The van der Waals surface area contributed by atoms with Crippen LogP contribution in [0.1, 0.15) is 25.8 Å². The molecule has 164 valence electrons. The number of benzene rings is 1. The zero-order valence-corrected chi connectivity index (χ0v) is 16.7. The second-order valence-electron chi connectivity index (χ2n) is 6.27. The molecule has 1 saturated heterocycles. The van der Waals surface area contributed by atoms with Gasteiger partial charge in [-0.2, -0.15) is 5.26 Å². The van der Waals surface area contributed by atoms with Crippen molar-refractivity contribution in [1.29, 1.82) is 5.26 Å². The first-order valence-corrected chi connectivity index (χ1v) is 9.16. The van der Waals surface area contributed by atoms with Gasteiger partial charge in [-0.25, -0.2) is 4.79 Å². The molecule has 2 rings (SSSR count). The maximum atomic E-state index is 12.4. The van der Waals surface area contributed by atoms with Crippen LogP contribution < -0.4 is 4.74 Å². The molecule has 0 bridgehead atoms. The van der Waals surface area contributed by atoms with Crippen LogP contribution in [0.15, 0.2) is 17.7 Å². The van der Waals surface area contributed by atoms with Crippen LogP contribution in [0.4, 0.5) is 10.5 Å². The highest BCUT2D eigenvalue weighted by molar-refractivity contribution is 6.01. The van der Waals surface area contributed by atoms with E-state index in [9.17, 15) is 34.9 Å². The fourth-order valence-corrected chi connectivity index (χ4v) is 2.72. The highest BCUT2D eigenvalue weighted by Crippen LogP contribution is 2.38. The monoisotopic (exact) mass is 433 g/mol. The Morgan fingerprint density at radius 3 is 2.61 bits per heavy atom. The molecule has 12 nitrogen and oxygen atoms in total. The number of carbonyl (C=O) groups excluding carboxylic acids is 3. The third-order valence-corrected chi connectivity index (χ3v) is 4.27. The van der Waals surface area contributed by atoms with E-state index in [1.807, 2.05) is 0 Å². The lowest BCUT2D eigenvalue weighted by molar-refractivity contribution is -0.385. The molecule has 1 atom stereocenters. The van der Waals surface area contributed by atoms with Crippen molar-refractivity contribution in [1.82, 2.24) is 4.90 Å². The third-order valence-electron chi connectivity index (χ3n) is 4.27. The zero-order chi connectivity index (χ0) is 23.1. The molecule has 1 aromatic carbocycles. The van der Waals surface area contributed by atoms with Gasteiger partial charge in [0.25, 0.3) is 5.91 Å². The Morgan fingerprint density at radius 2 is 2.10 bits per heavy atom. The van der Waals surface area contributed by atoms with Crippen LogP contribution in [-0.2, 0) is 19.1 Å². The van der Waals surface area contributed by atoms with Gasteiger partial charge in [0.05, 0.1) is 11.3 Å². The molecule has 0 radical (unpaired) electrons. The van der Waals surface area contributed by atoms with Gasteiger partial charge in [-0.3, -0.25) is 19.7 Å². The lowest BCUT2D eigenvalue weighted by Crippen LogP contribution is -2.31. The first-order chi connectivity index (χ1) is 14.7. The van der Waals surface area contributed by atoms with Gasteiger partial charge in [0.15, 0.2) is 5.75 Å². The number of carbonyl (C=O) groups is 3. The highest BCUT2D eigenvalue weighted by Gasteiger charge is 2.29. The molecule has 0 spiro atoms. The third kappa shape index (κ3) is 5.69. The number of esters is 1. The molecule has 1 aliphatic heterocycles. The molecule has 1 amide bonds. The van der Waals surface area contributed by atoms with Crippen LogP contribution in [0.5, 0.6) is 11.5 Å². The molecule has 1 unspecified atom stereocenters. The van der Waals surface area contributed by atoms with Crippen molar-refractivity contribution in [2.45, 2.75) is 26.4 Å². The summed E-state index contributed by atoms with van der Waals surface area (Å²) in [6.07, 6.45) is -1.32. The van der Waals surface area contributed by atoms with Gasteiger partial charge in [0, 0.05) is 19.2 Å². The summed E-state index contributed by atoms with van der Waals surface area (Å²) in [6, 6.07) is 3.69. The molecule has 12 heteroatoms. The van der Waals surface area contributed by atoms with Crippen molar-refractivity contribution >= 4 is 29.8 Å². The number of nitrogens with zero attached hydrogens (tertiary/aromatic N) is 3. The summed E-state index contributed by atoms with van der Waals surface area (Å²) in [7, 11) is 0. The van der Waals surface area contributed by atoms with Crippen molar-refractivity contribution in [3.63, 3.8) is 0 Å². The smallest absolute Gasteiger partial charge is 0.499 e. The van der Waals surface area contributed by atoms with Crippen molar-refractivity contribution in [2.75, 3.05) is 19.7 Å². The van der Waals surface area contributed by atoms with Gasteiger partial charge in [-0.05, 0) is 31.6 Å². The first-order valence-electron chi connectivity index (χ1n) is 9.16. The van der Waals surface area contributed by atoms with Gasteiger partial charge < -0.3 is 24.2 Å².